The van der Waals surface area contributed by atoms with Crippen LogP contribution < -0.4 is 5.32 Å². The maximum absolute atomic E-state index is 11.2. The molecule has 1 fully saturated rings. The number of nitrogens with zero attached hydrogens (tertiary/aromatic N) is 1. The zero-order valence-corrected chi connectivity index (χ0v) is 12.2. The summed E-state index contributed by atoms with van der Waals surface area (Å²) in [6, 6.07) is 9.64. The molecule has 0 spiro atoms. The average Bonchev–Trinajstić information content (AvgIpc) is 2.48. The van der Waals surface area contributed by atoms with E-state index in [1.807, 2.05) is 18.2 Å². The lowest BCUT2D eigenvalue weighted by Gasteiger charge is -2.30. The molecule has 2 unspecified atom stereocenters. The standard InChI is InChI=1S/C15H22N2O4/c1-17(19)15(18)16-8-7-13-10-20-11-14(21-13)9-12-5-3-2-4-6-12/h2-6,13-14,19H,7-11H2,1H3,(H,16,18). The first-order valence-electron chi connectivity index (χ1n) is 7.12. The molecule has 0 aromatic heterocycles. The molecule has 1 aromatic rings. The van der Waals surface area contributed by atoms with Gasteiger partial charge in [0.1, 0.15) is 0 Å². The van der Waals surface area contributed by atoms with Crippen LogP contribution in [0, 0.1) is 0 Å². The van der Waals surface area contributed by atoms with Crippen LogP contribution >= 0.6 is 0 Å². The summed E-state index contributed by atoms with van der Waals surface area (Å²) >= 11 is 0. The van der Waals surface area contributed by atoms with Crippen molar-refractivity contribution in [1.82, 2.24) is 10.4 Å². The van der Waals surface area contributed by atoms with Crippen molar-refractivity contribution in [3.63, 3.8) is 0 Å². The predicted octanol–water partition coefficient (Wildman–Crippen LogP) is 1.43. The van der Waals surface area contributed by atoms with Gasteiger partial charge in [-0.2, -0.15) is 0 Å². The Kier molecular flexibility index (Phi) is 5.98. The van der Waals surface area contributed by atoms with Crippen molar-refractivity contribution in [1.29, 1.82) is 0 Å². The summed E-state index contributed by atoms with van der Waals surface area (Å²) in [5.41, 5.74) is 1.22. The van der Waals surface area contributed by atoms with E-state index in [0.717, 1.165) is 6.42 Å². The first-order valence-corrected chi connectivity index (χ1v) is 7.12. The van der Waals surface area contributed by atoms with E-state index in [1.165, 1.54) is 12.6 Å². The Hall–Kier alpha value is -1.63. The number of rotatable bonds is 5. The van der Waals surface area contributed by atoms with Gasteiger partial charge in [-0.25, -0.2) is 9.86 Å². The Bertz CT molecular complexity index is 439. The lowest BCUT2D eigenvalue weighted by Crippen LogP contribution is -2.41. The maximum atomic E-state index is 11.2. The van der Waals surface area contributed by atoms with Crippen LogP contribution in [0.4, 0.5) is 4.79 Å². The highest BCUT2D eigenvalue weighted by atomic mass is 16.6. The molecule has 116 valence electrons. The molecule has 1 aliphatic heterocycles. The van der Waals surface area contributed by atoms with Gasteiger partial charge in [-0.05, 0) is 12.0 Å². The molecule has 0 radical (unpaired) electrons. The molecular formula is C15H22N2O4. The van der Waals surface area contributed by atoms with Gasteiger partial charge in [0.05, 0.1) is 25.4 Å². The van der Waals surface area contributed by atoms with Crippen molar-refractivity contribution in [2.24, 2.45) is 0 Å². The van der Waals surface area contributed by atoms with Crippen molar-refractivity contribution >= 4 is 6.03 Å². The van der Waals surface area contributed by atoms with E-state index in [-0.39, 0.29) is 12.2 Å². The van der Waals surface area contributed by atoms with Crippen molar-refractivity contribution < 1.29 is 19.5 Å². The number of hydrogen-bond acceptors (Lipinski definition) is 4. The van der Waals surface area contributed by atoms with Gasteiger partial charge in [0.2, 0.25) is 0 Å². The highest BCUT2D eigenvalue weighted by molar-refractivity contribution is 5.72. The van der Waals surface area contributed by atoms with Crippen LogP contribution in [0.2, 0.25) is 0 Å². The van der Waals surface area contributed by atoms with Crippen molar-refractivity contribution in [3.05, 3.63) is 35.9 Å². The molecule has 6 heteroatoms. The third-order valence-electron chi connectivity index (χ3n) is 3.34. The molecule has 1 aliphatic rings. The SMILES string of the molecule is CN(O)C(=O)NCCC1COCC(Cc2ccccc2)O1. The molecule has 1 aromatic carbocycles. The second kappa shape index (κ2) is 7.97. The zero-order chi connectivity index (χ0) is 15.1. The summed E-state index contributed by atoms with van der Waals surface area (Å²) in [5.74, 6) is 0. The van der Waals surface area contributed by atoms with Crippen molar-refractivity contribution in [2.75, 3.05) is 26.8 Å². The van der Waals surface area contributed by atoms with E-state index in [2.05, 4.69) is 17.4 Å². The Labute approximate surface area is 124 Å². The van der Waals surface area contributed by atoms with Crippen LogP contribution in [0.3, 0.4) is 0 Å². The molecular weight excluding hydrogens is 272 g/mol. The van der Waals surface area contributed by atoms with E-state index in [1.54, 1.807) is 0 Å². The summed E-state index contributed by atoms with van der Waals surface area (Å²) in [4.78, 5) is 11.2. The van der Waals surface area contributed by atoms with Crippen molar-refractivity contribution in [3.8, 4) is 0 Å². The van der Waals surface area contributed by atoms with Gasteiger partial charge in [-0.1, -0.05) is 30.3 Å². The van der Waals surface area contributed by atoms with E-state index in [4.69, 9.17) is 14.7 Å². The molecule has 0 saturated carbocycles. The molecule has 1 saturated heterocycles. The van der Waals surface area contributed by atoms with Gasteiger partial charge in [-0.15, -0.1) is 0 Å². The molecule has 21 heavy (non-hydrogen) atoms. The van der Waals surface area contributed by atoms with Crippen molar-refractivity contribution in [2.45, 2.75) is 25.0 Å². The summed E-state index contributed by atoms with van der Waals surface area (Å²) < 4.78 is 11.6. The number of nitrogens with one attached hydrogen (secondary N) is 1. The number of amides is 2. The lowest BCUT2D eigenvalue weighted by molar-refractivity contribution is -0.138. The van der Waals surface area contributed by atoms with E-state index < -0.39 is 6.03 Å². The quantitative estimate of drug-likeness (QED) is 0.636. The number of ether oxygens (including phenoxy) is 2. The lowest BCUT2D eigenvalue weighted by atomic mass is 10.1. The fourth-order valence-electron chi connectivity index (χ4n) is 2.27. The number of urea groups is 1. The molecule has 1 heterocycles. The Morgan fingerprint density at radius 3 is 2.76 bits per heavy atom. The predicted molar refractivity (Wildman–Crippen MR) is 77.2 cm³/mol. The Morgan fingerprint density at radius 1 is 1.33 bits per heavy atom. The van der Waals surface area contributed by atoms with Gasteiger partial charge in [0, 0.05) is 20.0 Å². The summed E-state index contributed by atoms with van der Waals surface area (Å²) in [7, 11) is 1.28. The first-order chi connectivity index (χ1) is 10.1. The molecule has 2 atom stereocenters. The molecule has 2 N–H and O–H groups in total. The highest BCUT2D eigenvalue weighted by Crippen LogP contribution is 2.15. The monoisotopic (exact) mass is 294 g/mol. The van der Waals surface area contributed by atoms with Crippen LogP contribution in [-0.4, -0.2) is 55.3 Å². The second-order valence-corrected chi connectivity index (χ2v) is 5.15. The first kappa shape index (κ1) is 15.8. The Balaban J connectivity index is 1.72. The van der Waals surface area contributed by atoms with Gasteiger partial charge in [-0.3, -0.25) is 5.21 Å². The van der Waals surface area contributed by atoms with E-state index in [0.29, 0.717) is 31.2 Å². The Morgan fingerprint density at radius 2 is 2.05 bits per heavy atom. The minimum atomic E-state index is -0.521. The molecule has 0 bridgehead atoms. The smallest absolute Gasteiger partial charge is 0.340 e. The second-order valence-electron chi connectivity index (χ2n) is 5.15. The number of carbonyl (C=O) groups excluding carboxylic acids is 1. The molecule has 6 nitrogen and oxygen atoms in total. The fourth-order valence-corrected chi connectivity index (χ4v) is 2.27. The summed E-state index contributed by atoms with van der Waals surface area (Å²) in [5, 5.41) is 12.0. The number of hydrogen-bond donors (Lipinski definition) is 2. The van der Waals surface area contributed by atoms with Crippen LogP contribution in [-0.2, 0) is 15.9 Å². The third-order valence-corrected chi connectivity index (χ3v) is 3.34. The summed E-state index contributed by atoms with van der Waals surface area (Å²) in [6.45, 7) is 1.57. The van der Waals surface area contributed by atoms with Gasteiger partial charge < -0.3 is 14.8 Å². The van der Waals surface area contributed by atoms with Gasteiger partial charge in [0.15, 0.2) is 0 Å². The molecule has 2 rings (SSSR count). The average molecular weight is 294 g/mol. The number of hydroxylamine groups is 2. The number of benzene rings is 1. The van der Waals surface area contributed by atoms with E-state index in [9.17, 15) is 4.79 Å². The minimum Gasteiger partial charge on any atom is -0.376 e. The largest absolute Gasteiger partial charge is 0.376 e. The maximum Gasteiger partial charge on any atom is 0.340 e. The zero-order valence-electron chi connectivity index (χ0n) is 12.2. The minimum absolute atomic E-state index is 0.0308. The van der Waals surface area contributed by atoms with Crippen LogP contribution in [0.25, 0.3) is 0 Å². The van der Waals surface area contributed by atoms with Crippen LogP contribution in [0.5, 0.6) is 0 Å². The fraction of sp³-hybridized carbons (Fsp3) is 0.533. The van der Waals surface area contributed by atoms with Crippen LogP contribution in [0.15, 0.2) is 30.3 Å². The normalized spacial score (nSPS) is 21.8. The van der Waals surface area contributed by atoms with E-state index >= 15 is 0 Å². The van der Waals surface area contributed by atoms with Gasteiger partial charge >= 0.3 is 6.03 Å². The van der Waals surface area contributed by atoms with Gasteiger partial charge in [0.25, 0.3) is 0 Å². The topological polar surface area (TPSA) is 71.0 Å². The summed E-state index contributed by atoms with van der Waals surface area (Å²) in [6.07, 6.45) is 1.49. The molecule has 0 aliphatic carbocycles. The highest BCUT2D eigenvalue weighted by Gasteiger charge is 2.23. The third kappa shape index (κ3) is 5.34. The molecule has 2 amide bonds. The number of carbonyl (C=O) groups is 1. The van der Waals surface area contributed by atoms with Crippen LogP contribution in [0.1, 0.15) is 12.0 Å².